The zero-order valence-electron chi connectivity index (χ0n) is 19.7. The molecule has 3 unspecified atom stereocenters. The average Bonchev–Trinajstić information content (AvgIpc) is 2.76. The summed E-state index contributed by atoms with van der Waals surface area (Å²) >= 11 is 0. The molecule has 0 radical (unpaired) electrons. The number of carbonyl (C=O) groups excluding carboxylic acids is 2. The minimum atomic E-state index is -1.01. The lowest BCUT2D eigenvalue weighted by atomic mass is 9.96. The fourth-order valence-electron chi connectivity index (χ4n) is 3.33. The van der Waals surface area contributed by atoms with Gasteiger partial charge in [-0.1, -0.05) is 42.8 Å². The van der Waals surface area contributed by atoms with Gasteiger partial charge in [0.15, 0.2) is 11.5 Å². The quantitative estimate of drug-likeness (QED) is 0.555. The molecule has 2 amide bonds. The van der Waals surface area contributed by atoms with Crippen LogP contribution in [0, 0.1) is 12.8 Å². The fraction of sp³-hybridized carbons (Fsp3) is 0.440. The number of methoxy groups -OCH3 is 1. The van der Waals surface area contributed by atoms with Crippen molar-refractivity contribution >= 4 is 11.8 Å². The molecule has 2 rings (SSSR count). The van der Waals surface area contributed by atoms with Gasteiger partial charge >= 0.3 is 0 Å². The molecule has 2 aromatic carbocycles. The molecule has 0 fully saturated rings. The molecule has 0 aliphatic rings. The molecular formula is C25H34N2O5. The standard InChI is InChI=1S/C25H34N2O5/c1-7-31-21-14-19(12-13-20(21)30-6)22(18-10-8-16(4)9-11-18)27-25(29)23(32-15(2)3)17(5)24(26)28/h8-15,17,22-23H,7H2,1-6H3,(H2,26,28)(H,27,29). The number of benzene rings is 2. The van der Waals surface area contributed by atoms with Crippen molar-refractivity contribution in [2.45, 2.75) is 52.9 Å². The van der Waals surface area contributed by atoms with Crippen molar-refractivity contribution in [1.29, 1.82) is 0 Å². The van der Waals surface area contributed by atoms with E-state index in [2.05, 4.69) is 5.32 Å². The van der Waals surface area contributed by atoms with Gasteiger partial charge in [0.1, 0.15) is 6.10 Å². The highest BCUT2D eigenvalue weighted by Crippen LogP contribution is 2.33. The predicted molar refractivity (Wildman–Crippen MR) is 124 cm³/mol. The fourth-order valence-corrected chi connectivity index (χ4v) is 3.33. The number of rotatable bonds is 11. The van der Waals surface area contributed by atoms with Crippen molar-refractivity contribution in [2.75, 3.05) is 13.7 Å². The Morgan fingerprint density at radius 3 is 2.16 bits per heavy atom. The van der Waals surface area contributed by atoms with E-state index < -0.39 is 29.9 Å². The first-order chi connectivity index (χ1) is 15.2. The van der Waals surface area contributed by atoms with E-state index in [0.29, 0.717) is 18.1 Å². The van der Waals surface area contributed by atoms with Crippen LogP contribution in [-0.4, -0.2) is 37.7 Å². The molecule has 0 aliphatic heterocycles. The summed E-state index contributed by atoms with van der Waals surface area (Å²) in [7, 11) is 1.58. The van der Waals surface area contributed by atoms with Crippen LogP contribution < -0.4 is 20.5 Å². The lowest BCUT2D eigenvalue weighted by Gasteiger charge is -2.27. The third-order valence-corrected chi connectivity index (χ3v) is 5.10. The highest BCUT2D eigenvalue weighted by atomic mass is 16.5. The first-order valence-corrected chi connectivity index (χ1v) is 10.8. The number of amides is 2. The molecule has 7 heteroatoms. The minimum absolute atomic E-state index is 0.254. The Kier molecular flexibility index (Phi) is 9.08. The monoisotopic (exact) mass is 442 g/mol. The summed E-state index contributed by atoms with van der Waals surface area (Å²) in [5.74, 6) is -0.608. The lowest BCUT2D eigenvalue weighted by Crippen LogP contribution is -2.47. The SMILES string of the molecule is CCOc1cc(C(NC(=O)C(OC(C)C)C(C)C(N)=O)c2ccc(C)cc2)ccc1OC. The van der Waals surface area contributed by atoms with Crippen molar-refractivity contribution in [2.24, 2.45) is 11.7 Å². The molecular weight excluding hydrogens is 408 g/mol. The minimum Gasteiger partial charge on any atom is -0.493 e. The summed E-state index contributed by atoms with van der Waals surface area (Å²) in [4.78, 5) is 25.1. The molecule has 7 nitrogen and oxygen atoms in total. The molecule has 0 bridgehead atoms. The van der Waals surface area contributed by atoms with Crippen LogP contribution in [-0.2, 0) is 14.3 Å². The first-order valence-electron chi connectivity index (χ1n) is 10.8. The summed E-state index contributed by atoms with van der Waals surface area (Å²) in [6.07, 6.45) is -1.26. The maximum Gasteiger partial charge on any atom is 0.250 e. The summed E-state index contributed by atoms with van der Waals surface area (Å²) in [5, 5.41) is 3.05. The highest BCUT2D eigenvalue weighted by Gasteiger charge is 2.32. The molecule has 0 saturated heterocycles. The van der Waals surface area contributed by atoms with Crippen LogP contribution in [0.3, 0.4) is 0 Å². The second-order valence-electron chi connectivity index (χ2n) is 7.99. The van der Waals surface area contributed by atoms with Crippen LogP contribution in [0.5, 0.6) is 11.5 Å². The Bertz CT molecular complexity index is 911. The average molecular weight is 443 g/mol. The maximum atomic E-state index is 13.3. The Morgan fingerprint density at radius 2 is 1.62 bits per heavy atom. The highest BCUT2D eigenvalue weighted by molar-refractivity contribution is 5.89. The third-order valence-electron chi connectivity index (χ3n) is 5.10. The van der Waals surface area contributed by atoms with Gasteiger partial charge in [0, 0.05) is 0 Å². The van der Waals surface area contributed by atoms with E-state index in [1.807, 2.05) is 70.2 Å². The Morgan fingerprint density at radius 1 is 1.00 bits per heavy atom. The van der Waals surface area contributed by atoms with E-state index >= 15 is 0 Å². The van der Waals surface area contributed by atoms with Crippen molar-refractivity contribution in [1.82, 2.24) is 5.32 Å². The van der Waals surface area contributed by atoms with Crippen LogP contribution in [0.4, 0.5) is 0 Å². The molecule has 3 atom stereocenters. The van der Waals surface area contributed by atoms with Crippen LogP contribution in [0.15, 0.2) is 42.5 Å². The third kappa shape index (κ3) is 6.47. The van der Waals surface area contributed by atoms with Gasteiger partial charge in [0.2, 0.25) is 5.91 Å². The van der Waals surface area contributed by atoms with Crippen LogP contribution in [0.25, 0.3) is 0 Å². The van der Waals surface area contributed by atoms with Crippen molar-refractivity contribution < 1.29 is 23.8 Å². The second-order valence-corrected chi connectivity index (χ2v) is 7.99. The normalized spacial score (nSPS) is 13.8. The molecule has 174 valence electrons. The maximum absolute atomic E-state index is 13.3. The molecule has 2 aromatic rings. The van der Waals surface area contributed by atoms with Gasteiger partial charge in [-0.15, -0.1) is 0 Å². The summed E-state index contributed by atoms with van der Waals surface area (Å²) in [5.41, 5.74) is 8.27. The zero-order chi connectivity index (χ0) is 23.8. The van der Waals surface area contributed by atoms with Crippen LogP contribution in [0.1, 0.15) is 50.4 Å². The van der Waals surface area contributed by atoms with Gasteiger partial charge in [0.05, 0.1) is 31.8 Å². The predicted octanol–water partition coefficient (Wildman–Crippen LogP) is 3.52. The van der Waals surface area contributed by atoms with E-state index in [1.54, 1.807) is 14.0 Å². The van der Waals surface area contributed by atoms with E-state index in [-0.39, 0.29) is 6.10 Å². The summed E-state index contributed by atoms with van der Waals surface area (Å²) < 4.78 is 16.9. The van der Waals surface area contributed by atoms with Crippen LogP contribution >= 0.6 is 0 Å². The van der Waals surface area contributed by atoms with Gasteiger partial charge in [0.25, 0.3) is 5.91 Å². The van der Waals surface area contributed by atoms with Gasteiger partial charge in [-0.3, -0.25) is 9.59 Å². The smallest absolute Gasteiger partial charge is 0.250 e. The van der Waals surface area contributed by atoms with E-state index in [4.69, 9.17) is 19.9 Å². The Balaban J connectivity index is 2.48. The molecule has 0 aromatic heterocycles. The number of hydrogen-bond donors (Lipinski definition) is 2. The van der Waals surface area contributed by atoms with Gasteiger partial charge < -0.3 is 25.3 Å². The number of ether oxygens (including phenoxy) is 3. The van der Waals surface area contributed by atoms with Crippen molar-refractivity contribution in [3.8, 4) is 11.5 Å². The van der Waals surface area contributed by atoms with Crippen molar-refractivity contribution in [3.05, 3.63) is 59.2 Å². The van der Waals surface area contributed by atoms with Gasteiger partial charge in [-0.25, -0.2) is 0 Å². The van der Waals surface area contributed by atoms with E-state index in [0.717, 1.165) is 16.7 Å². The molecule has 0 saturated carbocycles. The van der Waals surface area contributed by atoms with Crippen molar-refractivity contribution in [3.63, 3.8) is 0 Å². The molecule has 0 spiro atoms. The Labute approximate surface area is 190 Å². The molecule has 0 heterocycles. The lowest BCUT2D eigenvalue weighted by molar-refractivity contribution is -0.145. The summed E-state index contributed by atoms with van der Waals surface area (Å²) in [6.45, 7) is 9.58. The first kappa shape index (κ1) is 25.2. The van der Waals surface area contributed by atoms with E-state index in [9.17, 15) is 9.59 Å². The van der Waals surface area contributed by atoms with Gasteiger partial charge in [-0.05, 0) is 51.0 Å². The largest absolute Gasteiger partial charge is 0.493 e. The molecule has 0 aliphatic carbocycles. The number of hydrogen-bond acceptors (Lipinski definition) is 5. The topological polar surface area (TPSA) is 99.9 Å². The summed E-state index contributed by atoms with van der Waals surface area (Å²) in [6, 6.07) is 12.9. The van der Waals surface area contributed by atoms with Gasteiger partial charge in [-0.2, -0.15) is 0 Å². The number of nitrogens with two attached hydrogens (primary N) is 1. The van der Waals surface area contributed by atoms with E-state index in [1.165, 1.54) is 0 Å². The number of nitrogens with one attached hydrogen (secondary N) is 1. The van der Waals surface area contributed by atoms with Crippen LogP contribution in [0.2, 0.25) is 0 Å². The molecule has 32 heavy (non-hydrogen) atoms. The number of aryl methyl sites for hydroxylation is 1. The zero-order valence-corrected chi connectivity index (χ0v) is 19.7. The Hall–Kier alpha value is -3.06. The second kappa shape index (κ2) is 11.5. The number of primary amides is 1. The number of carbonyl (C=O) groups is 2. The molecule has 3 N–H and O–H groups in total.